The first-order valence-corrected chi connectivity index (χ1v) is 10.5. The van der Waals surface area contributed by atoms with Crippen molar-refractivity contribution in [3.05, 3.63) is 10.1 Å². The second-order valence-corrected chi connectivity index (χ2v) is 8.29. The summed E-state index contributed by atoms with van der Waals surface area (Å²) in [5.41, 5.74) is -0.784. The number of urea groups is 1. The van der Waals surface area contributed by atoms with Crippen LogP contribution in [0, 0.1) is 15.5 Å². The van der Waals surface area contributed by atoms with Gasteiger partial charge in [-0.05, 0) is 6.42 Å². The molecular formula is C17H28N4O10S. The van der Waals surface area contributed by atoms with Gasteiger partial charge in [-0.2, -0.15) is 11.8 Å². The van der Waals surface area contributed by atoms with E-state index in [1.165, 1.54) is 0 Å². The van der Waals surface area contributed by atoms with Crippen LogP contribution < -0.4 is 16.0 Å². The summed E-state index contributed by atoms with van der Waals surface area (Å²) in [6.07, 6.45) is 0.0830. The first-order chi connectivity index (χ1) is 14.9. The number of nitrogens with zero attached hydrogens (tertiary/aromatic N) is 1. The highest BCUT2D eigenvalue weighted by molar-refractivity contribution is 8.00. The van der Waals surface area contributed by atoms with Crippen LogP contribution in [0.5, 0.6) is 0 Å². The first-order valence-electron chi connectivity index (χ1n) is 9.38. The number of nitrogens with one attached hydrogen (secondary N) is 3. The molecule has 0 rings (SSSR count). The summed E-state index contributed by atoms with van der Waals surface area (Å²) in [5, 5.41) is 25.0. The lowest BCUT2D eigenvalue weighted by Crippen LogP contribution is -2.48. The molecular weight excluding hydrogens is 452 g/mol. The van der Waals surface area contributed by atoms with Gasteiger partial charge in [0, 0.05) is 30.7 Å². The smallest absolute Gasteiger partial charge is 0.329 e. The fraction of sp³-hybridized carbons (Fsp3) is 0.706. The van der Waals surface area contributed by atoms with Crippen molar-refractivity contribution in [2.75, 3.05) is 38.3 Å². The summed E-state index contributed by atoms with van der Waals surface area (Å²) in [6, 6.07) is -1.81. The maximum Gasteiger partial charge on any atom is 0.329 e. The van der Waals surface area contributed by atoms with Crippen LogP contribution in [0.15, 0.2) is 0 Å². The molecule has 0 unspecified atom stereocenters. The Kier molecular flexibility index (Phi) is 13.4. The molecule has 0 heterocycles. The van der Waals surface area contributed by atoms with Crippen molar-refractivity contribution in [2.24, 2.45) is 5.41 Å². The van der Waals surface area contributed by atoms with Gasteiger partial charge in [0.25, 0.3) is 11.0 Å². The molecule has 1 atom stereocenters. The van der Waals surface area contributed by atoms with Crippen LogP contribution in [0.2, 0.25) is 0 Å². The second kappa shape index (κ2) is 14.8. The molecule has 0 fully saturated rings. The number of carbonyl (C=O) groups is 5. The van der Waals surface area contributed by atoms with Gasteiger partial charge in [-0.25, -0.2) is 9.59 Å². The zero-order chi connectivity index (χ0) is 24.7. The molecule has 15 heteroatoms. The summed E-state index contributed by atoms with van der Waals surface area (Å²) in [4.78, 5) is 72.5. The van der Waals surface area contributed by atoms with E-state index in [-0.39, 0.29) is 44.0 Å². The SMILES string of the molecule is COC(=O)[C@H](CSCC(=O)C(=O)NCC(C)(C)CO[N+](=O)[O-])NC(=O)NCCCC(=O)O. The number of Topliss-reactive ketones (excluding diaryl/α,β-unsaturated/α-hetero) is 1. The summed E-state index contributed by atoms with van der Waals surface area (Å²) in [5.74, 6) is -3.79. The maximum atomic E-state index is 12.0. The van der Waals surface area contributed by atoms with Gasteiger partial charge in [-0.1, -0.05) is 13.8 Å². The summed E-state index contributed by atoms with van der Waals surface area (Å²) >= 11 is 0.918. The number of hydrogen-bond acceptors (Lipinski definition) is 10. The molecule has 182 valence electrons. The highest BCUT2D eigenvalue weighted by Crippen LogP contribution is 2.14. The predicted molar refractivity (Wildman–Crippen MR) is 111 cm³/mol. The number of thioether (sulfide) groups is 1. The van der Waals surface area contributed by atoms with Crippen LogP contribution in [0.4, 0.5) is 4.79 Å². The molecule has 0 bridgehead atoms. The van der Waals surface area contributed by atoms with E-state index in [0.717, 1.165) is 18.9 Å². The van der Waals surface area contributed by atoms with Crippen LogP contribution >= 0.6 is 11.8 Å². The summed E-state index contributed by atoms with van der Waals surface area (Å²) in [6.45, 7) is 2.99. The molecule has 14 nitrogen and oxygen atoms in total. The summed E-state index contributed by atoms with van der Waals surface area (Å²) in [7, 11) is 1.12. The Labute approximate surface area is 188 Å². The number of rotatable bonds is 16. The number of ketones is 1. The zero-order valence-corrected chi connectivity index (χ0v) is 18.8. The van der Waals surface area contributed by atoms with Crippen molar-refractivity contribution in [1.82, 2.24) is 16.0 Å². The lowest BCUT2D eigenvalue weighted by atomic mass is 9.95. The van der Waals surface area contributed by atoms with Gasteiger partial charge in [0.2, 0.25) is 5.78 Å². The molecule has 3 amide bonds. The van der Waals surface area contributed by atoms with Gasteiger partial charge in [0.05, 0.1) is 12.9 Å². The number of hydrogen-bond donors (Lipinski definition) is 4. The van der Waals surface area contributed by atoms with E-state index in [9.17, 15) is 34.1 Å². The number of amides is 3. The largest absolute Gasteiger partial charge is 0.481 e. The Morgan fingerprint density at radius 1 is 1.19 bits per heavy atom. The molecule has 0 aromatic heterocycles. The second-order valence-electron chi connectivity index (χ2n) is 7.26. The Morgan fingerprint density at radius 2 is 1.84 bits per heavy atom. The Hall–Kier alpha value is -3.10. The van der Waals surface area contributed by atoms with E-state index in [1.54, 1.807) is 13.8 Å². The molecule has 0 aliphatic carbocycles. The number of carboxylic acids is 1. The third-order valence-electron chi connectivity index (χ3n) is 3.70. The van der Waals surface area contributed by atoms with Crippen molar-refractivity contribution in [2.45, 2.75) is 32.7 Å². The third kappa shape index (κ3) is 14.0. The van der Waals surface area contributed by atoms with Crippen molar-refractivity contribution < 1.29 is 43.7 Å². The molecule has 0 saturated carbocycles. The van der Waals surface area contributed by atoms with Crippen molar-refractivity contribution >= 4 is 41.4 Å². The van der Waals surface area contributed by atoms with Crippen LogP contribution in [0.25, 0.3) is 0 Å². The van der Waals surface area contributed by atoms with Crippen LogP contribution in [-0.2, 0) is 28.8 Å². The van der Waals surface area contributed by atoms with E-state index in [4.69, 9.17) is 5.11 Å². The minimum atomic E-state index is -1.10. The van der Waals surface area contributed by atoms with Crippen LogP contribution in [0.1, 0.15) is 26.7 Å². The Balaban J connectivity index is 4.44. The van der Waals surface area contributed by atoms with Gasteiger partial charge in [0.1, 0.15) is 12.6 Å². The van der Waals surface area contributed by atoms with Crippen molar-refractivity contribution in [3.8, 4) is 0 Å². The third-order valence-corrected chi connectivity index (χ3v) is 4.74. The number of carboxylic acid groups (broad SMARTS) is 1. The fourth-order valence-electron chi connectivity index (χ4n) is 1.99. The normalized spacial score (nSPS) is 11.6. The van der Waals surface area contributed by atoms with Gasteiger partial charge in [0.15, 0.2) is 0 Å². The molecule has 0 spiro atoms. The van der Waals surface area contributed by atoms with Crippen LogP contribution in [0.3, 0.4) is 0 Å². The summed E-state index contributed by atoms with van der Waals surface area (Å²) < 4.78 is 4.59. The van der Waals surface area contributed by atoms with E-state index < -0.39 is 46.2 Å². The molecule has 4 N–H and O–H groups in total. The number of carbonyl (C=O) groups excluding carboxylic acids is 4. The fourth-order valence-corrected chi connectivity index (χ4v) is 2.88. The van der Waals surface area contributed by atoms with Crippen molar-refractivity contribution in [1.29, 1.82) is 0 Å². The van der Waals surface area contributed by atoms with E-state index in [2.05, 4.69) is 25.5 Å². The first kappa shape index (κ1) is 28.9. The number of ether oxygens (including phenoxy) is 1. The Bertz CT molecular complexity index is 701. The van der Waals surface area contributed by atoms with Crippen LogP contribution in [-0.4, -0.2) is 84.2 Å². The van der Waals surface area contributed by atoms with Gasteiger partial charge in [-0.15, -0.1) is 10.1 Å². The van der Waals surface area contributed by atoms with Crippen molar-refractivity contribution in [3.63, 3.8) is 0 Å². The minimum Gasteiger partial charge on any atom is -0.481 e. The van der Waals surface area contributed by atoms with E-state index in [1.807, 2.05) is 0 Å². The van der Waals surface area contributed by atoms with Gasteiger partial charge < -0.3 is 30.6 Å². The lowest BCUT2D eigenvalue weighted by molar-refractivity contribution is -0.760. The predicted octanol–water partition coefficient (Wildman–Crippen LogP) is -0.655. The average Bonchev–Trinajstić information content (AvgIpc) is 2.72. The van der Waals surface area contributed by atoms with Gasteiger partial charge in [-0.3, -0.25) is 14.4 Å². The molecule has 0 aliphatic rings. The number of aliphatic carboxylic acids is 1. The number of esters is 1. The maximum absolute atomic E-state index is 12.0. The molecule has 0 aromatic carbocycles. The zero-order valence-electron chi connectivity index (χ0n) is 18.0. The van der Waals surface area contributed by atoms with E-state index in [0.29, 0.717) is 0 Å². The molecule has 0 aromatic rings. The topological polar surface area (TPSA) is 203 Å². The van der Waals surface area contributed by atoms with E-state index >= 15 is 0 Å². The molecule has 0 aliphatic heterocycles. The molecule has 0 radical (unpaired) electrons. The highest BCUT2D eigenvalue weighted by atomic mass is 32.2. The monoisotopic (exact) mass is 480 g/mol. The minimum absolute atomic E-state index is 0.0372. The average molecular weight is 480 g/mol. The highest BCUT2D eigenvalue weighted by Gasteiger charge is 2.25. The van der Waals surface area contributed by atoms with Gasteiger partial charge >= 0.3 is 18.0 Å². The molecule has 0 saturated heterocycles. The quantitative estimate of drug-likeness (QED) is 0.0718. The molecule has 32 heavy (non-hydrogen) atoms. The Morgan fingerprint density at radius 3 is 2.41 bits per heavy atom. The number of methoxy groups -OCH3 is 1. The standard InChI is InChI=1S/C17H28N4O10S/c1-17(2,10-31-21(28)29)9-19-14(25)12(22)8-32-7-11(15(26)30-3)20-16(27)18-6-4-5-13(23)24/h11H,4-10H2,1-3H3,(H,19,25)(H,23,24)(H2,18,20,27)/t11-/m0/s1. The lowest BCUT2D eigenvalue weighted by Gasteiger charge is -2.23.